The normalized spacial score (nSPS) is 11.4. The van der Waals surface area contributed by atoms with Gasteiger partial charge in [-0.05, 0) is 42.0 Å². The third kappa shape index (κ3) is 6.45. The highest BCUT2D eigenvalue weighted by Crippen LogP contribution is 2.40. The van der Waals surface area contributed by atoms with E-state index in [2.05, 4.69) is 10.6 Å². The summed E-state index contributed by atoms with van der Waals surface area (Å²) in [5, 5.41) is 5.30. The van der Waals surface area contributed by atoms with Gasteiger partial charge in [-0.25, -0.2) is 4.39 Å². The van der Waals surface area contributed by atoms with Crippen LogP contribution in [0.15, 0.2) is 95.9 Å². The fourth-order valence-corrected chi connectivity index (χ4v) is 5.01. The van der Waals surface area contributed by atoms with Crippen LogP contribution < -0.4 is 20.1 Å². The van der Waals surface area contributed by atoms with Crippen LogP contribution in [0.4, 0.5) is 15.8 Å². The third-order valence-corrected chi connectivity index (χ3v) is 7.08. The lowest BCUT2D eigenvalue weighted by Crippen LogP contribution is -2.19. The number of ether oxygens (including phenoxy) is 2. The Labute approximate surface area is 229 Å². The van der Waals surface area contributed by atoms with Gasteiger partial charge in [0.2, 0.25) is 5.91 Å². The number of hydrogen-bond donors (Lipinski definition) is 2. The lowest BCUT2D eigenvalue weighted by atomic mass is 10.1. The number of thioether (sulfide) groups is 1. The summed E-state index contributed by atoms with van der Waals surface area (Å²) >= 11 is 7.58. The Kier molecular flexibility index (Phi) is 8.89. The van der Waals surface area contributed by atoms with Gasteiger partial charge < -0.3 is 20.1 Å². The van der Waals surface area contributed by atoms with E-state index in [1.54, 1.807) is 36.4 Å². The highest BCUT2D eigenvalue weighted by atomic mass is 35.5. The Bertz CT molecular complexity index is 1450. The second-order valence-corrected chi connectivity index (χ2v) is 9.63. The number of anilines is 2. The standard InChI is InChI=1S/C29H24ClFN2O4S/c1-36-25-17-26(37-2)24(16-22(25)30)33-29(35)27(18-9-4-3-5-10-18)38-20-12-8-11-19(15-20)32-28(34)21-13-6-7-14-23(21)31/h3-17,27H,1-2H3,(H,32,34)(H,33,35). The van der Waals surface area contributed by atoms with Gasteiger partial charge >= 0.3 is 0 Å². The first-order valence-electron chi connectivity index (χ1n) is 11.5. The molecule has 1 unspecified atom stereocenters. The van der Waals surface area contributed by atoms with E-state index in [1.807, 2.05) is 36.4 Å². The molecule has 4 aromatic rings. The number of carbonyl (C=O) groups is 2. The van der Waals surface area contributed by atoms with E-state index in [-0.39, 0.29) is 11.5 Å². The van der Waals surface area contributed by atoms with Crippen molar-refractivity contribution in [3.05, 3.63) is 113 Å². The number of methoxy groups -OCH3 is 2. The van der Waals surface area contributed by atoms with Crippen LogP contribution in [0.1, 0.15) is 21.2 Å². The van der Waals surface area contributed by atoms with Gasteiger partial charge in [-0.1, -0.05) is 60.1 Å². The van der Waals surface area contributed by atoms with Crippen LogP contribution in [-0.2, 0) is 4.79 Å². The van der Waals surface area contributed by atoms with Gasteiger partial charge in [0.15, 0.2) is 0 Å². The van der Waals surface area contributed by atoms with Crippen LogP contribution >= 0.6 is 23.4 Å². The first kappa shape index (κ1) is 27.0. The molecule has 0 saturated heterocycles. The summed E-state index contributed by atoms with van der Waals surface area (Å²) < 4.78 is 24.7. The summed E-state index contributed by atoms with van der Waals surface area (Å²) in [4.78, 5) is 26.9. The van der Waals surface area contributed by atoms with Gasteiger partial charge in [-0.2, -0.15) is 0 Å². The second-order valence-electron chi connectivity index (χ2n) is 8.05. The average molecular weight is 551 g/mol. The zero-order chi connectivity index (χ0) is 27.1. The van der Waals surface area contributed by atoms with Crippen molar-refractivity contribution >= 4 is 46.6 Å². The molecule has 0 bridgehead atoms. The van der Waals surface area contributed by atoms with Crippen molar-refractivity contribution in [3.63, 3.8) is 0 Å². The Balaban J connectivity index is 1.59. The minimum absolute atomic E-state index is 0.0563. The lowest BCUT2D eigenvalue weighted by Gasteiger charge is -2.19. The quantitative estimate of drug-likeness (QED) is 0.215. The third-order valence-electron chi connectivity index (χ3n) is 5.54. The predicted octanol–water partition coefficient (Wildman–Crippen LogP) is 7.22. The fraction of sp³-hybridized carbons (Fsp3) is 0.103. The molecular formula is C29H24ClFN2O4S. The summed E-state index contributed by atoms with van der Waals surface area (Å²) in [5.41, 5.74) is 1.59. The number of rotatable bonds is 9. The Morgan fingerprint density at radius 2 is 1.55 bits per heavy atom. The number of halogens is 2. The van der Waals surface area contributed by atoms with E-state index in [0.717, 1.165) is 10.5 Å². The highest BCUT2D eigenvalue weighted by molar-refractivity contribution is 8.00. The van der Waals surface area contributed by atoms with Crippen molar-refractivity contribution in [1.82, 2.24) is 0 Å². The molecule has 194 valence electrons. The molecule has 0 radical (unpaired) electrons. The van der Waals surface area contributed by atoms with E-state index in [9.17, 15) is 14.0 Å². The van der Waals surface area contributed by atoms with Crippen LogP contribution in [0.3, 0.4) is 0 Å². The largest absolute Gasteiger partial charge is 0.495 e. The Morgan fingerprint density at radius 3 is 2.26 bits per heavy atom. The Hall–Kier alpha value is -4.01. The van der Waals surface area contributed by atoms with Crippen LogP contribution in [0.5, 0.6) is 11.5 Å². The van der Waals surface area contributed by atoms with E-state index in [0.29, 0.717) is 27.9 Å². The SMILES string of the molecule is COc1cc(OC)c(NC(=O)C(Sc2cccc(NC(=O)c3ccccc3F)c2)c2ccccc2)cc1Cl. The van der Waals surface area contributed by atoms with Crippen molar-refractivity contribution < 1.29 is 23.5 Å². The van der Waals surface area contributed by atoms with Crippen molar-refractivity contribution in [2.75, 3.05) is 24.9 Å². The zero-order valence-electron chi connectivity index (χ0n) is 20.5. The lowest BCUT2D eigenvalue weighted by molar-refractivity contribution is -0.115. The minimum atomic E-state index is -0.653. The molecule has 4 aromatic carbocycles. The zero-order valence-corrected chi connectivity index (χ0v) is 22.1. The van der Waals surface area contributed by atoms with Gasteiger partial charge in [0, 0.05) is 16.6 Å². The Morgan fingerprint density at radius 1 is 0.842 bits per heavy atom. The van der Waals surface area contributed by atoms with Gasteiger partial charge in [0.05, 0.1) is 30.5 Å². The molecular weight excluding hydrogens is 527 g/mol. The maximum atomic E-state index is 14.0. The maximum absolute atomic E-state index is 14.0. The van der Waals surface area contributed by atoms with E-state index < -0.39 is 17.0 Å². The predicted molar refractivity (Wildman–Crippen MR) is 149 cm³/mol. The topological polar surface area (TPSA) is 76.7 Å². The summed E-state index contributed by atoms with van der Waals surface area (Å²) in [6, 6.07) is 25.3. The molecule has 0 aliphatic carbocycles. The summed E-state index contributed by atoms with van der Waals surface area (Å²) in [6.07, 6.45) is 0. The molecule has 6 nitrogen and oxygen atoms in total. The van der Waals surface area contributed by atoms with Gasteiger partial charge in [0.25, 0.3) is 5.91 Å². The van der Waals surface area contributed by atoms with Crippen molar-refractivity contribution in [2.45, 2.75) is 10.1 Å². The maximum Gasteiger partial charge on any atom is 0.258 e. The first-order valence-corrected chi connectivity index (χ1v) is 12.7. The van der Waals surface area contributed by atoms with Gasteiger partial charge in [0.1, 0.15) is 22.6 Å². The number of hydrogen-bond acceptors (Lipinski definition) is 5. The van der Waals surface area contributed by atoms with E-state index in [1.165, 1.54) is 44.2 Å². The fourth-order valence-electron chi connectivity index (χ4n) is 3.68. The molecule has 0 heterocycles. The monoisotopic (exact) mass is 550 g/mol. The number of carbonyl (C=O) groups excluding carboxylic acids is 2. The molecule has 0 aromatic heterocycles. The molecule has 2 N–H and O–H groups in total. The van der Waals surface area contributed by atoms with Crippen molar-refractivity contribution in [1.29, 1.82) is 0 Å². The molecule has 0 aliphatic rings. The van der Waals surface area contributed by atoms with Crippen LogP contribution in [0, 0.1) is 5.82 Å². The summed E-state index contributed by atoms with van der Waals surface area (Å²) in [6.45, 7) is 0. The molecule has 38 heavy (non-hydrogen) atoms. The molecule has 0 saturated carbocycles. The van der Waals surface area contributed by atoms with Crippen molar-refractivity contribution in [3.8, 4) is 11.5 Å². The summed E-state index contributed by atoms with van der Waals surface area (Å²) in [5.74, 6) is -0.656. The smallest absolute Gasteiger partial charge is 0.258 e. The van der Waals surface area contributed by atoms with Crippen LogP contribution in [0.2, 0.25) is 5.02 Å². The second kappa shape index (κ2) is 12.5. The van der Waals surface area contributed by atoms with Crippen LogP contribution in [0.25, 0.3) is 0 Å². The molecule has 4 rings (SSSR count). The highest BCUT2D eigenvalue weighted by Gasteiger charge is 2.24. The molecule has 2 amide bonds. The molecule has 0 spiro atoms. The molecule has 9 heteroatoms. The molecule has 1 atom stereocenters. The number of nitrogens with one attached hydrogen (secondary N) is 2. The minimum Gasteiger partial charge on any atom is -0.495 e. The average Bonchev–Trinajstić information content (AvgIpc) is 2.92. The molecule has 0 fully saturated rings. The van der Waals surface area contributed by atoms with Gasteiger partial charge in [-0.3, -0.25) is 9.59 Å². The summed E-state index contributed by atoms with van der Waals surface area (Å²) in [7, 11) is 2.98. The van der Waals surface area contributed by atoms with Crippen molar-refractivity contribution in [2.24, 2.45) is 0 Å². The molecule has 0 aliphatic heterocycles. The first-order chi connectivity index (χ1) is 18.4. The van der Waals surface area contributed by atoms with E-state index >= 15 is 0 Å². The number of benzene rings is 4. The van der Waals surface area contributed by atoms with Crippen LogP contribution in [-0.4, -0.2) is 26.0 Å². The van der Waals surface area contributed by atoms with Gasteiger partial charge in [-0.15, -0.1) is 11.8 Å². The number of amides is 2. The van der Waals surface area contributed by atoms with E-state index in [4.69, 9.17) is 21.1 Å².